The van der Waals surface area contributed by atoms with Crippen molar-refractivity contribution in [1.29, 1.82) is 0 Å². The first-order chi connectivity index (χ1) is 8.14. The van der Waals surface area contributed by atoms with Gasteiger partial charge in [-0.25, -0.2) is 0 Å². The van der Waals surface area contributed by atoms with Gasteiger partial charge in [-0.05, 0) is 49.8 Å². The second-order valence-electron chi connectivity index (χ2n) is 5.33. The van der Waals surface area contributed by atoms with E-state index in [0.717, 1.165) is 17.7 Å². The zero-order chi connectivity index (χ0) is 12.3. The van der Waals surface area contributed by atoms with Gasteiger partial charge in [-0.1, -0.05) is 38.1 Å². The molecule has 1 nitrogen and oxygen atoms in total. The Morgan fingerprint density at radius 2 is 2.00 bits per heavy atom. The zero-order valence-electron chi connectivity index (χ0n) is 10.9. The molecule has 0 amide bonds. The SMILES string of the molecule is C=Cc1ccc(OC2(C)CCCCC2C)cc1. The number of rotatable bonds is 3. The molecule has 0 spiro atoms. The smallest absolute Gasteiger partial charge is 0.120 e. The minimum Gasteiger partial charge on any atom is -0.487 e. The van der Waals surface area contributed by atoms with Crippen LogP contribution in [-0.4, -0.2) is 5.60 Å². The third kappa shape index (κ3) is 2.71. The van der Waals surface area contributed by atoms with E-state index in [1.165, 1.54) is 19.3 Å². The standard InChI is InChI=1S/C16H22O/c1-4-14-8-10-15(11-9-14)17-16(3)12-6-5-7-13(16)2/h4,8-11,13H,1,5-7,12H2,2-3H3. The second-order valence-corrected chi connectivity index (χ2v) is 5.33. The average molecular weight is 230 g/mol. The summed E-state index contributed by atoms with van der Waals surface area (Å²) in [6.07, 6.45) is 6.93. The Morgan fingerprint density at radius 1 is 1.29 bits per heavy atom. The fourth-order valence-corrected chi connectivity index (χ4v) is 2.57. The molecule has 2 unspecified atom stereocenters. The van der Waals surface area contributed by atoms with Crippen LogP contribution in [0.4, 0.5) is 0 Å². The largest absolute Gasteiger partial charge is 0.487 e. The normalized spacial score (nSPS) is 28.7. The maximum Gasteiger partial charge on any atom is 0.120 e. The molecule has 0 N–H and O–H groups in total. The van der Waals surface area contributed by atoms with Crippen LogP contribution >= 0.6 is 0 Å². The van der Waals surface area contributed by atoms with E-state index in [1.54, 1.807) is 0 Å². The molecule has 1 aromatic rings. The molecule has 1 fully saturated rings. The van der Waals surface area contributed by atoms with Gasteiger partial charge in [0.15, 0.2) is 0 Å². The van der Waals surface area contributed by atoms with E-state index in [4.69, 9.17) is 4.74 Å². The van der Waals surface area contributed by atoms with Crippen molar-refractivity contribution in [3.05, 3.63) is 36.4 Å². The molecule has 0 bridgehead atoms. The van der Waals surface area contributed by atoms with E-state index in [2.05, 4.69) is 32.6 Å². The number of ether oxygens (including phenoxy) is 1. The average Bonchev–Trinajstić information content (AvgIpc) is 2.34. The highest BCUT2D eigenvalue weighted by atomic mass is 16.5. The minimum absolute atomic E-state index is 0.00788. The van der Waals surface area contributed by atoms with Gasteiger partial charge in [-0.15, -0.1) is 0 Å². The van der Waals surface area contributed by atoms with Crippen LogP contribution in [0.2, 0.25) is 0 Å². The molecule has 1 aliphatic rings. The van der Waals surface area contributed by atoms with Gasteiger partial charge in [0.2, 0.25) is 0 Å². The molecule has 1 aliphatic carbocycles. The van der Waals surface area contributed by atoms with E-state index >= 15 is 0 Å². The summed E-state index contributed by atoms with van der Waals surface area (Å²) < 4.78 is 6.22. The van der Waals surface area contributed by atoms with E-state index < -0.39 is 0 Å². The van der Waals surface area contributed by atoms with Crippen LogP contribution < -0.4 is 4.74 Å². The van der Waals surface area contributed by atoms with Crippen molar-refractivity contribution in [2.24, 2.45) is 5.92 Å². The summed E-state index contributed by atoms with van der Waals surface area (Å²) in [5.74, 6) is 1.61. The van der Waals surface area contributed by atoms with Gasteiger partial charge < -0.3 is 4.74 Å². The lowest BCUT2D eigenvalue weighted by atomic mass is 9.77. The maximum absolute atomic E-state index is 6.22. The summed E-state index contributed by atoms with van der Waals surface area (Å²) in [5, 5.41) is 0. The van der Waals surface area contributed by atoms with Crippen LogP contribution in [0, 0.1) is 5.92 Å². The molecule has 0 aliphatic heterocycles. The molecular formula is C16H22O. The van der Waals surface area contributed by atoms with Crippen LogP contribution in [0.5, 0.6) is 5.75 Å². The van der Waals surface area contributed by atoms with Crippen LogP contribution in [0.3, 0.4) is 0 Å². The third-order valence-electron chi connectivity index (χ3n) is 4.07. The Balaban J connectivity index is 2.10. The van der Waals surface area contributed by atoms with E-state index in [0.29, 0.717) is 5.92 Å². The van der Waals surface area contributed by atoms with E-state index in [9.17, 15) is 0 Å². The molecule has 0 saturated heterocycles. The van der Waals surface area contributed by atoms with Gasteiger partial charge in [0.25, 0.3) is 0 Å². The lowest BCUT2D eigenvalue weighted by molar-refractivity contribution is 0.000614. The summed E-state index contributed by atoms with van der Waals surface area (Å²) in [6.45, 7) is 8.31. The molecular weight excluding hydrogens is 208 g/mol. The molecule has 17 heavy (non-hydrogen) atoms. The van der Waals surface area contributed by atoms with Gasteiger partial charge in [0, 0.05) is 0 Å². The molecule has 1 heteroatoms. The Bertz CT molecular complexity index is 379. The highest BCUT2D eigenvalue weighted by molar-refractivity contribution is 5.48. The van der Waals surface area contributed by atoms with Crippen molar-refractivity contribution in [3.8, 4) is 5.75 Å². The van der Waals surface area contributed by atoms with Crippen LogP contribution in [0.1, 0.15) is 45.1 Å². The van der Waals surface area contributed by atoms with E-state index in [-0.39, 0.29) is 5.60 Å². The van der Waals surface area contributed by atoms with Crippen molar-refractivity contribution in [2.75, 3.05) is 0 Å². The highest BCUT2D eigenvalue weighted by Crippen LogP contribution is 2.37. The van der Waals surface area contributed by atoms with Gasteiger partial charge >= 0.3 is 0 Å². The molecule has 0 heterocycles. The van der Waals surface area contributed by atoms with Crippen molar-refractivity contribution < 1.29 is 4.74 Å². The molecule has 0 aromatic heterocycles. The summed E-state index contributed by atoms with van der Waals surface area (Å²) in [5.41, 5.74) is 1.15. The van der Waals surface area contributed by atoms with Gasteiger partial charge in [-0.3, -0.25) is 0 Å². The molecule has 0 radical (unpaired) electrons. The van der Waals surface area contributed by atoms with Crippen molar-refractivity contribution >= 4 is 6.08 Å². The summed E-state index contributed by atoms with van der Waals surface area (Å²) in [7, 11) is 0. The first-order valence-corrected chi connectivity index (χ1v) is 6.55. The maximum atomic E-state index is 6.22. The number of benzene rings is 1. The van der Waals surface area contributed by atoms with Crippen LogP contribution in [0.25, 0.3) is 6.08 Å². The monoisotopic (exact) mass is 230 g/mol. The first-order valence-electron chi connectivity index (χ1n) is 6.55. The zero-order valence-corrected chi connectivity index (χ0v) is 10.9. The summed E-state index contributed by atoms with van der Waals surface area (Å²) in [6, 6.07) is 8.20. The Labute approximate surface area is 104 Å². The Hall–Kier alpha value is -1.24. The van der Waals surface area contributed by atoms with Gasteiger partial charge in [0.05, 0.1) is 0 Å². The molecule has 1 saturated carbocycles. The van der Waals surface area contributed by atoms with Crippen LogP contribution in [0.15, 0.2) is 30.8 Å². The predicted octanol–water partition coefficient (Wildman–Crippen LogP) is 4.68. The molecule has 1 aromatic carbocycles. The lowest BCUT2D eigenvalue weighted by Crippen LogP contribution is -2.41. The van der Waals surface area contributed by atoms with Crippen molar-refractivity contribution in [3.63, 3.8) is 0 Å². The number of hydrogen-bond acceptors (Lipinski definition) is 1. The van der Waals surface area contributed by atoms with Crippen molar-refractivity contribution in [1.82, 2.24) is 0 Å². The van der Waals surface area contributed by atoms with E-state index in [1.807, 2.05) is 18.2 Å². The van der Waals surface area contributed by atoms with Gasteiger partial charge in [-0.2, -0.15) is 0 Å². The Morgan fingerprint density at radius 3 is 2.59 bits per heavy atom. The first kappa shape index (κ1) is 12.2. The Kier molecular flexibility index (Phi) is 3.56. The molecule has 2 atom stereocenters. The van der Waals surface area contributed by atoms with Crippen molar-refractivity contribution in [2.45, 2.75) is 45.1 Å². The highest BCUT2D eigenvalue weighted by Gasteiger charge is 2.35. The topological polar surface area (TPSA) is 9.23 Å². The lowest BCUT2D eigenvalue weighted by Gasteiger charge is -2.40. The van der Waals surface area contributed by atoms with Gasteiger partial charge in [0.1, 0.15) is 11.4 Å². The third-order valence-corrected chi connectivity index (χ3v) is 4.07. The molecule has 2 rings (SSSR count). The minimum atomic E-state index is 0.00788. The van der Waals surface area contributed by atoms with Crippen LogP contribution in [-0.2, 0) is 0 Å². The number of hydrogen-bond donors (Lipinski definition) is 0. The predicted molar refractivity (Wildman–Crippen MR) is 73.2 cm³/mol. The fraction of sp³-hybridized carbons (Fsp3) is 0.500. The fourth-order valence-electron chi connectivity index (χ4n) is 2.57. The summed E-state index contributed by atoms with van der Waals surface area (Å²) in [4.78, 5) is 0. The molecule has 92 valence electrons. The quantitative estimate of drug-likeness (QED) is 0.732. The summed E-state index contributed by atoms with van der Waals surface area (Å²) >= 11 is 0. The second kappa shape index (κ2) is 4.95.